The molecule has 72 heavy (non-hydrogen) atoms. The van der Waals surface area contributed by atoms with E-state index in [1.807, 2.05) is 0 Å². The summed E-state index contributed by atoms with van der Waals surface area (Å²) in [4.78, 5) is 4.96. The third-order valence-corrected chi connectivity index (χ3v) is 15.8. The number of fused-ring (bicyclic) bond motifs is 1. The number of anilines is 6. The Hall–Kier alpha value is -5.60. The molecule has 2 nitrogen and oxygen atoms in total. The van der Waals surface area contributed by atoms with E-state index in [0.717, 1.165) is 35.6 Å². The minimum absolute atomic E-state index is 0.0420. The topological polar surface area (TPSA) is 6.48 Å². The molecule has 7 aromatic rings. The largest absolute Gasteiger partial charge is 0.310 e. The highest BCUT2D eigenvalue weighted by Gasteiger charge is 2.25. The van der Waals surface area contributed by atoms with Gasteiger partial charge in [0.2, 0.25) is 0 Å². The van der Waals surface area contributed by atoms with E-state index < -0.39 is 0 Å². The van der Waals surface area contributed by atoms with Crippen molar-refractivity contribution in [3.05, 3.63) is 177 Å². The summed E-state index contributed by atoms with van der Waals surface area (Å²) in [5, 5.41) is 2.93. The van der Waals surface area contributed by atoms with Crippen molar-refractivity contribution in [3.63, 3.8) is 0 Å². The summed E-state index contributed by atoms with van der Waals surface area (Å²) >= 11 is 0. The van der Waals surface area contributed by atoms with Crippen LogP contribution in [0.3, 0.4) is 0 Å². The molecular formula is C70H90N2. The maximum atomic E-state index is 2.56. The summed E-state index contributed by atoms with van der Waals surface area (Å²) in [6.45, 7) is 37.0. The molecule has 0 saturated heterocycles. The van der Waals surface area contributed by atoms with Crippen molar-refractivity contribution in [1.82, 2.24) is 0 Å². The molecule has 0 saturated carbocycles. The molecule has 0 aliphatic rings. The van der Waals surface area contributed by atoms with Gasteiger partial charge in [0.1, 0.15) is 0 Å². The molecule has 0 spiro atoms. The van der Waals surface area contributed by atoms with Crippen molar-refractivity contribution in [2.45, 2.75) is 186 Å². The smallest absolute Gasteiger partial charge is 0.0520 e. The van der Waals surface area contributed by atoms with Gasteiger partial charge in [-0.3, -0.25) is 0 Å². The second-order valence-corrected chi connectivity index (χ2v) is 23.9. The molecule has 0 radical (unpaired) electrons. The highest BCUT2D eigenvalue weighted by Crippen LogP contribution is 2.45. The summed E-state index contributed by atoms with van der Waals surface area (Å²) in [6, 6.07) is 47.5. The summed E-state index contributed by atoms with van der Waals surface area (Å²) in [5.74, 6) is 1.39. The van der Waals surface area contributed by atoms with Crippen molar-refractivity contribution < 1.29 is 0 Å². The van der Waals surface area contributed by atoms with Gasteiger partial charge in [-0.2, -0.15) is 0 Å². The van der Waals surface area contributed by atoms with Crippen LogP contribution in [0.2, 0.25) is 0 Å². The first kappa shape index (κ1) is 54.2. The van der Waals surface area contributed by atoms with Gasteiger partial charge in [0, 0.05) is 22.7 Å². The van der Waals surface area contributed by atoms with Crippen LogP contribution in [0.1, 0.15) is 176 Å². The molecule has 380 valence electrons. The fourth-order valence-electron chi connectivity index (χ4n) is 11.3. The van der Waals surface area contributed by atoms with E-state index >= 15 is 0 Å². The first-order valence-corrected chi connectivity index (χ1v) is 27.9. The third-order valence-electron chi connectivity index (χ3n) is 15.8. The molecule has 0 fully saturated rings. The molecular weight excluding hydrogens is 869 g/mol. The number of hydrogen-bond acceptors (Lipinski definition) is 2. The van der Waals surface area contributed by atoms with Crippen molar-refractivity contribution in [1.29, 1.82) is 0 Å². The average Bonchev–Trinajstić information content (AvgIpc) is 3.33. The fraction of sp³-hybridized carbons (Fsp3) is 0.429. The van der Waals surface area contributed by atoms with Crippen LogP contribution in [0, 0.1) is 53.4 Å². The van der Waals surface area contributed by atoms with E-state index in [0.29, 0.717) is 11.8 Å². The Morgan fingerprint density at radius 3 is 1.12 bits per heavy atom. The van der Waals surface area contributed by atoms with E-state index in [9.17, 15) is 0 Å². The first-order valence-electron chi connectivity index (χ1n) is 27.9. The number of nitrogens with zero attached hydrogens (tertiary/aromatic N) is 2. The quantitative estimate of drug-likeness (QED) is 0.0797. The van der Waals surface area contributed by atoms with Gasteiger partial charge in [0.05, 0.1) is 11.4 Å². The Bertz CT molecular complexity index is 2870. The predicted octanol–water partition coefficient (Wildman–Crippen LogP) is 21.4. The third kappa shape index (κ3) is 12.4. The lowest BCUT2D eigenvalue weighted by molar-refractivity contribution is 0.449. The number of aryl methyl sites for hydroxylation is 6. The van der Waals surface area contributed by atoms with Crippen LogP contribution >= 0.6 is 0 Å². The van der Waals surface area contributed by atoms with Crippen LogP contribution in [0.5, 0.6) is 0 Å². The lowest BCUT2D eigenvalue weighted by Gasteiger charge is -2.33. The van der Waals surface area contributed by atoms with Crippen molar-refractivity contribution in [2.24, 2.45) is 11.8 Å². The van der Waals surface area contributed by atoms with Crippen LogP contribution in [-0.4, -0.2) is 0 Å². The lowest BCUT2D eigenvalue weighted by atomic mass is 9.84. The standard InChI is InChI=1S/C70H90N2/c1-17-21-23-53(19-3)43-57-37-48(6)38-65-58(44-54(20-4)24-22-18-2)45-56(46-66(57)65)55-27-31-62(32-28-55)72(68-51(9)41-60(42-52(68)10)70(14,15)16)64-35-33-63(34-36-64)71(61-29-25-47(5)26-30-61)67-49(7)39-59(40-50(67)8)69(11,12)13/h25-42,45-46,53-54H,17-24,43-44H2,1-16H3. The van der Waals surface area contributed by atoms with Gasteiger partial charge in [0.15, 0.2) is 0 Å². The number of benzene rings is 7. The Morgan fingerprint density at radius 2 is 0.750 bits per heavy atom. The highest BCUT2D eigenvalue weighted by atomic mass is 15.2. The predicted molar refractivity (Wildman–Crippen MR) is 319 cm³/mol. The summed E-state index contributed by atoms with van der Waals surface area (Å²) in [5.41, 5.74) is 23.3. The average molecular weight is 960 g/mol. The molecule has 0 aliphatic heterocycles. The molecule has 0 N–H and O–H groups in total. The fourth-order valence-corrected chi connectivity index (χ4v) is 11.3. The van der Waals surface area contributed by atoms with Gasteiger partial charge in [0.25, 0.3) is 0 Å². The Balaban J connectivity index is 1.37. The minimum atomic E-state index is 0.0420. The molecule has 0 bridgehead atoms. The van der Waals surface area contributed by atoms with E-state index in [1.165, 1.54) is 140 Å². The normalized spacial score (nSPS) is 12.9. The van der Waals surface area contributed by atoms with Crippen LogP contribution in [0.25, 0.3) is 21.9 Å². The van der Waals surface area contributed by atoms with Crippen molar-refractivity contribution in [2.75, 3.05) is 9.80 Å². The number of rotatable bonds is 19. The van der Waals surface area contributed by atoms with Crippen molar-refractivity contribution >= 4 is 44.9 Å². The van der Waals surface area contributed by atoms with Gasteiger partial charge in [-0.25, -0.2) is 0 Å². The summed E-state index contributed by atoms with van der Waals surface area (Å²) < 4.78 is 0. The van der Waals surface area contributed by atoms with Crippen molar-refractivity contribution in [3.8, 4) is 11.1 Å². The zero-order valence-electron chi connectivity index (χ0n) is 47.7. The Morgan fingerprint density at radius 1 is 0.389 bits per heavy atom. The zero-order chi connectivity index (χ0) is 52.1. The lowest BCUT2D eigenvalue weighted by Crippen LogP contribution is -2.17. The molecule has 2 unspecified atom stereocenters. The first-order chi connectivity index (χ1) is 34.2. The second-order valence-electron chi connectivity index (χ2n) is 23.9. The maximum Gasteiger partial charge on any atom is 0.0520 e. The van der Waals surface area contributed by atoms with Gasteiger partial charge in [-0.15, -0.1) is 0 Å². The Kier molecular flexibility index (Phi) is 17.4. The molecule has 0 amide bonds. The molecule has 7 aromatic carbocycles. The number of hydrogen-bond donors (Lipinski definition) is 0. The number of unbranched alkanes of at least 4 members (excludes halogenated alkanes) is 2. The van der Waals surface area contributed by atoms with E-state index in [1.54, 1.807) is 0 Å². The van der Waals surface area contributed by atoms with Gasteiger partial charge < -0.3 is 9.80 Å². The second kappa shape index (κ2) is 23.1. The highest BCUT2D eigenvalue weighted by molar-refractivity contribution is 5.94. The molecule has 0 aromatic heterocycles. The van der Waals surface area contributed by atoms with Crippen LogP contribution in [0.15, 0.2) is 121 Å². The van der Waals surface area contributed by atoms with Crippen LogP contribution in [-0.2, 0) is 23.7 Å². The van der Waals surface area contributed by atoms with E-state index in [2.05, 4.69) is 242 Å². The SMILES string of the molecule is CCCCC(CC)Cc1cc(-c2ccc(N(c3ccc(N(c4ccc(C)cc4)c4c(C)cc(C(C)(C)C)cc4C)cc3)c3c(C)cc(C(C)(C)C)cc3C)cc2)cc2c(CC(CC)CCCC)cc(C)cc12. The summed E-state index contributed by atoms with van der Waals surface area (Å²) in [6.07, 6.45) is 12.4. The van der Waals surface area contributed by atoms with Gasteiger partial charge >= 0.3 is 0 Å². The molecule has 2 atom stereocenters. The minimum Gasteiger partial charge on any atom is -0.310 e. The zero-order valence-corrected chi connectivity index (χ0v) is 47.7. The van der Waals surface area contributed by atoms with Gasteiger partial charge in [-0.1, -0.05) is 198 Å². The van der Waals surface area contributed by atoms with Gasteiger partial charge in [-0.05, 0) is 198 Å². The van der Waals surface area contributed by atoms with E-state index in [4.69, 9.17) is 0 Å². The van der Waals surface area contributed by atoms with E-state index in [-0.39, 0.29) is 10.8 Å². The molecule has 0 heterocycles. The maximum absolute atomic E-state index is 2.56. The molecule has 2 heteroatoms. The molecule has 7 rings (SSSR count). The van der Waals surface area contributed by atoms with Crippen LogP contribution < -0.4 is 9.80 Å². The Labute approximate surface area is 438 Å². The monoisotopic (exact) mass is 959 g/mol. The van der Waals surface area contributed by atoms with Crippen LogP contribution in [0.4, 0.5) is 34.1 Å². The summed E-state index contributed by atoms with van der Waals surface area (Å²) in [7, 11) is 0. The molecule has 0 aliphatic carbocycles.